The van der Waals surface area contributed by atoms with Crippen LogP contribution in [0, 0.1) is 23.7 Å². The van der Waals surface area contributed by atoms with Crippen LogP contribution in [-0.4, -0.2) is 25.6 Å². The highest BCUT2D eigenvalue weighted by molar-refractivity contribution is 14.0. The second-order valence-corrected chi connectivity index (χ2v) is 4.67. The van der Waals surface area contributed by atoms with Gasteiger partial charge in [-0.15, -0.1) is 30.4 Å². The molecule has 0 saturated heterocycles. The Labute approximate surface area is 116 Å². The smallest absolute Gasteiger partial charge is 0.192 e. The monoisotopic (exact) mass is 335 g/mol. The first-order valence-electron chi connectivity index (χ1n) is 5.56. The quantitative estimate of drug-likeness (QED) is 0.356. The zero-order valence-electron chi connectivity index (χ0n) is 10.3. The van der Waals surface area contributed by atoms with Gasteiger partial charge in [0.25, 0.3) is 0 Å². The predicted octanol–water partition coefficient (Wildman–Crippen LogP) is 1.84. The Morgan fingerprint density at radius 2 is 2.12 bits per heavy atom. The Kier molecular flexibility index (Phi) is 6.81. The normalized spacial score (nSPS) is 21.6. The van der Waals surface area contributed by atoms with E-state index in [1.807, 2.05) is 6.92 Å². The molecule has 1 fully saturated rings. The first-order valence-corrected chi connectivity index (χ1v) is 5.56. The lowest BCUT2D eigenvalue weighted by Gasteiger charge is -2.08. The van der Waals surface area contributed by atoms with Gasteiger partial charge in [0.05, 0.1) is 6.54 Å². The van der Waals surface area contributed by atoms with Crippen molar-refractivity contribution in [3.63, 3.8) is 0 Å². The van der Waals surface area contributed by atoms with Crippen molar-refractivity contribution in [1.82, 2.24) is 10.6 Å². The number of nitrogens with one attached hydrogen (secondary N) is 2. The van der Waals surface area contributed by atoms with Gasteiger partial charge in [-0.05, 0) is 24.7 Å². The molecule has 0 bridgehead atoms. The molecule has 0 aromatic rings. The predicted molar refractivity (Wildman–Crippen MR) is 80.1 cm³/mol. The number of guanidine groups is 1. The van der Waals surface area contributed by atoms with E-state index in [1.54, 1.807) is 0 Å². The van der Waals surface area contributed by atoms with Crippen molar-refractivity contribution in [3.05, 3.63) is 0 Å². The summed E-state index contributed by atoms with van der Waals surface area (Å²) < 4.78 is 0. The van der Waals surface area contributed by atoms with E-state index in [4.69, 9.17) is 6.42 Å². The lowest BCUT2D eigenvalue weighted by Crippen LogP contribution is -2.37. The Morgan fingerprint density at radius 1 is 1.50 bits per heavy atom. The van der Waals surface area contributed by atoms with Gasteiger partial charge in [0.1, 0.15) is 0 Å². The standard InChI is InChI=1S/C12H21N3.HI/c1-5-7-14-11(13-6-2)15-9-10-8-12(10,3)4;/h1,10H,6-9H2,2-4H3,(H2,13,14,15);1H. The van der Waals surface area contributed by atoms with Crippen molar-refractivity contribution in [1.29, 1.82) is 0 Å². The summed E-state index contributed by atoms with van der Waals surface area (Å²) >= 11 is 0. The maximum absolute atomic E-state index is 5.19. The van der Waals surface area contributed by atoms with Crippen LogP contribution < -0.4 is 10.6 Å². The molecule has 0 aromatic heterocycles. The van der Waals surface area contributed by atoms with Gasteiger partial charge in [0.2, 0.25) is 0 Å². The molecule has 16 heavy (non-hydrogen) atoms. The third-order valence-electron chi connectivity index (χ3n) is 2.89. The Balaban J connectivity index is 0.00000225. The summed E-state index contributed by atoms with van der Waals surface area (Å²) in [7, 11) is 0. The molecule has 2 N–H and O–H groups in total. The Bertz CT molecular complexity index is 278. The molecule has 0 spiro atoms. The fourth-order valence-electron chi connectivity index (χ4n) is 1.57. The topological polar surface area (TPSA) is 36.4 Å². The molecule has 0 aliphatic heterocycles. The van der Waals surface area contributed by atoms with E-state index in [-0.39, 0.29) is 24.0 Å². The Hall–Kier alpha value is -0.440. The van der Waals surface area contributed by atoms with Crippen LogP contribution in [0.4, 0.5) is 0 Å². The molecule has 0 aromatic carbocycles. The largest absolute Gasteiger partial charge is 0.357 e. The molecular weight excluding hydrogens is 313 g/mol. The van der Waals surface area contributed by atoms with E-state index < -0.39 is 0 Å². The van der Waals surface area contributed by atoms with Crippen LogP contribution in [0.25, 0.3) is 0 Å². The average molecular weight is 335 g/mol. The second kappa shape index (κ2) is 7.00. The highest BCUT2D eigenvalue weighted by Gasteiger charge is 2.45. The maximum Gasteiger partial charge on any atom is 0.192 e. The molecule has 1 rings (SSSR count). The van der Waals surface area contributed by atoms with Crippen molar-refractivity contribution < 1.29 is 0 Å². The van der Waals surface area contributed by atoms with Crippen molar-refractivity contribution >= 4 is 29.9 Å². The summed E-state index contributed by atoms with van der Waals surface area (Å²) in [6.07, 6.45) is 6.47. The highest BCUT2D eigenvalue weighted by atomic mass is 127. The summed E-state index contributed by atoms with van der Waals surface area (Å²) in [6.45, 7) is 8.91. The van der Waals surface area contributed by atoms with Gasteiger partial charge in [-0.3, -0.25) is 4.99 Å². The minimum atomic E-state index is 0. The van der Waals surface area contributed by atoms with Crippen LogP contribution >= 0.6 is 24.0 Å². The maximum atomic E-state index is 5.19. The number of halogens is 1. The molecule has 92 valence electrons. The minimum absolute atomic E-state index is 0. The first kappa shape index (κ1) is 15.6. The minimum Gasteiger partial charge on any atom is -0.357 e. The number of terminal acetylenes is 1. The van der Waals surface area contributed by atoms with Crippen molar-refractivity contribution in [2.45, 2.75) is 27.2 Å². The Morgan fingerprint density at radius 3 is 2.56 bits per heavy atom. The molecule has 1 aliphatic rings. The zero-order chi connectivity index (χ0) is 11.3. The van der Waals surface area contributed by atoms with Gasteiger partial charge in [-0.1, -0.05) is 19.8 Å². The van der Waals surface area contributed by atoms with E-state index in [9.17, 15) is 0 Å². The summed E-state index contributed by atoms with van der Waals surface area (Å²) in [5.41, 5.74) is 0.493. The summed E-state index contributed by atoms with van der Waals surface area (Å²) in [5.74, 6) is 4.11. The van der Waals surface area contributed by atoms with Gasteiger partial charge in [0, 0.05) is 13.1 Å². The zero-order valence-corrected chi connectivity index (χ0v) is 12.7. The number of nitrogens with zero attached hydrogens (tertiary/aromatic N) is 1. The second-order valence-electron chi connectivity index (χ2n) is 4.67. The molecule has 1 aliphatic carbocycles. The first-order chi connectivity index (χ1) is 7.10. The van der Waals surface area contributed by atoms with E-state index >= 15 is 0 Å². The third kappa shape index (κ3) is 5.06. The van der Waals surface area contributed by atoms with Crippen LogP contribution in [-0.2, 0) is 0 Å². The average Bonchev–Trinajstić information content (AvgIpc) is 2.79. The van der Waals surface area contributed by atoms with Crippen molar-refractivity contribution in [3.8, 4) is 12.3 Å². The number of hydrogen-bond donors (Lipinski definition) is 2. The van der Waals surface area contributed by atoms with Gasteiger partial charge < -0.3 is 10.6 Å². The third-order valence-corrected chi connectivity index (χ3v) is 2.89. The van der Waals surface area contributed by atoms with Gasteiger partial charge in [-0.2, -0.15) is 0 Å². The molecule has 4 heteroatoms. The molecule has 1 saturated carbocycles. The molecule has 1 unspecified atom stereocenters. The molecule has 0 radical (unpaired) electrons. The van der Waals surface area contributed by atoms with Gasteiger partial charge in [-0.25, -0.2) is 0 Å². The van der Waals surface area contributed by atoms with E-state index in [0.717, 1.165) is 25.0 Å². The van der Waals surface area contributed by atoms with Crippen LogP contribution in [0.5, 0.6) is 0 Å². The van der Waals surface area contributed by atoms with Crippen LogP contribution in [0.3, 0.4) is 0 Å². The number of hydrogen-bond acceptors (Lipinski definition) is 1. The lowest BCUT2D eigenvalue weighted by atomic mass is 10.1. The summed E-state index contributed by atoms with van der Waals surface area (Å²) in [6, 6.07) is 0. The summed E-state index contributed by atoms with van der Waals surface area (Å²) in [4.78, 5) is 4.51. The van der Waals surface area contributed by atoms with Crippen molar-refractivity contribution in [2.24, 2.45) is 16.3 Å². The lowest BCUT2D eigenvalue weighted by molar-refractivity contribution is 0.564. The molecular formula is C12H22IN3. The molecule has 3 nitrogen and oxygen atoms in total. The molecule has 0 amide bonds. The van der Waals surface area contributed by atoms with Gasteiger partial charge in [0.15, 0.2) is 5.96 Å². The van der Waals surface area contributed by atoms with Crippen LogP contribution in [0.15, 0.2) is 4.99 Å². The van der Waals surface area contributed by atoms with E-state index in [1.165, 1.54) is 6.42 Å². The van der Waals surface area contributed by atoms with E-state index in [0.29, 0.717) is 12.0 Å². The van der Waals surface area contributed by atoms with Gasteiger partial charge >= 0.3 is 0 Å². The highest BCUT2D eigenvalue weighted by Crippen LogP contribution is 2.51. The SMILES string of the molecule is C#CCNC(=NCC1CC1(C)C)NCC.I. The number of aliphatic imine (C=N–C) groups is 1. The molecule has 1 atom stereocenters. The van der Waals surface area contributed by atoms with Crippen LogP contribution in [0.2, 0.25) is 0 Å². The van der Waals surface area contributed by atoms with Crippen molar-refractivity contribution in [2.75, 3.05) is 19.6 Å². The fourth-order valence-corrected chi connectivity index (χ4v) is 1.57. The molecule has 0 heterocycles. The summed E-state index contributed by atoms with van der Waals surface area (Å²) in [5, 5.41) is 6.25. The number of rotatable bonds is 4. The van der Waals surface area contributed by atoms with E-state index in [2.05, 4.69) is 35.4 Å². The fraction of sp³-hybridized carbons (Fsp3) is 0.750. The van der Waals surface area contributed by atoms with Crippen LogP contribution in [0.1, 0.15) is 27.2 Å².